The number of amides is 1. The van der Waals surface area contributed by atoms with Crippen LogP contribution in [0.4, 0.5) is 4.79 Å². The molecule has 0 saturated carbocycles. The van der Waals surface area contributed by atoms with Gasteiger partial charge in [-0.15, -0.1) is 0 Å². The second-order valence-electron chi connectivity index (χ2n) is 8.39. The smallest absolute Gasteiger partial charge is 0.410 e. The molecule has 0 aromatic heterocycles. The quantitative estimate of drug-likeness (QED) is 0.394. The predicted octanol–water partition coefficient (Wildman–Crippen LogP) is 3.02. The van der Waals surface area contributed by atoms with Gasteiger partial charge in [0, 0.05) is 19.0 Å². The van der Waals surface area contributed by atoms with Gasteiger partial charge in [-0.25, -0.2) is 19.2 Å². The highest BCUT2D eigenvalue weighted by Crippen LogP contribution is 2.30. The molecule has 1 saturated heterocycles. The van der Waals surface area contributed by atoms with Crippen LogP contribution in [-0.2, 0) is 23.8 Å². The summed E-state index contributed by atoms with van der Waals surface area (Å²) in [6.07, 6.45) is 0.588. The van der Waals surface area contributed by atoms with Crippen LogP contribution >= 0.6 is 0 Å². The van der Waals surface area contributed by atoms with Gasteiger partial charge in [0.25, 0.3) is 0 Å². The molecule has 1 unspecified atom stereocenters. The third-order valence-electron chi connectivity index (χ3n) is 4.97. The molecule has 0 aliphatic carbocycles. The minimum absolute atomic E-state index is 0.105. The lowest BCUT2D eigenvalue weighted by atomic mass is 9.93. The largest absolute Gasteiger partial charge is 0.478 e. The molecule has 9 heteroatoms. The Hall–Kier alpha value is -3.10. The van der Waals surface area contributed by atoms with Crippen LogP contribution in [0.2, 0.25) is 0 Å². The molecule has 1 fully saturated rings. The number of benzene rings is 1. The summed E-state index contributed by atoms with van der Waals surface area (Å²) in [4.78, 5) is 51.1. The molecule has 9 nitrogen and oxygen atoms in total. The zero-order chi connectivity index (χ0) is 23.2. The third-order valence-corrected chi connectivity index (χ3v) is 4.97. The minimum Gasteiger partial charge on any atom is -0.478 e. The molecule has 31 heavy (non-hydrogen) atoms. The van der Waals surface area contributed by atoms with Gasteiger partial charge in [-0.3, -0.25) is 0 Å². The Labute approximate surface area is 181 Å². The van der Waals surface area contributed by atoms with Gasteiger partial charge in [-0.05, 0) is 52.2 Å². The molecule has 1 amide bonds. The van der Waals surface area contributed by atoms with Crippen molar-refractivity contribution in [2.75, 3.05) is 13.7 Å². The van der Waals surface area contributed by atoms with Crippen molar-refractivity contribution in [1.29, 1.82) is 0 Å². The predicted molar refractivity (Wildman–Crippen MR) is 109 cm³/mol. The van der Waals surface area contributed by atoms with Gasteiger partial charge in [0.1, 0.15) is 5.60 Å². The maximum Gasteiger partial charge on any atom is 0.410 e. The highest BCUT2D eigenvalue weighted by molar-refractivity contribution is 6.06. The van der Waals surface area contributed by atoms with E-state index in [9.17, 15) is 24.3 Å². The maximum absolute atomic E-state index is 12.5. The van der Waals surface area contributed by atoms with Crippen LogP contribution in [0.15, 0.2) is 30.3 Å². The number of ether oxygens (including phenoxy) is 3. The molecule has 1 N–H and O–H groups in total. The Morgan fingerprint density at radius 1 is 1.10 bits per heavy atom. The van der Waals surface area contributed by atoms with Gasteiger partial charge < -0.3 is 24.2 Å². The Morgan fingerprint density at radius 2 is 1.74 bits per heavy atom. The number of carbonyl (C=O) groups is 4. The number of likely N-dealkylation sites (tertiary alicyclic amines) is 1. The van der Waals surface area contributed by atoms with E-state index in [0.29, 0.717) is 19.4 Å². The lowest BCUT2D eigenvalue weighted by Gasteiger charge is -2.31. The van der Waals surface area contributed by atoms with Crippen molar-refractivity contribution in [3.63, 3.8) is 0 Å². The van der Waals surface area contributed by atoms with Crippen LogP contribution in [0.5, 0.6) is 0 Å². The molecule has 2 rings (SSSR count). The summed E-state index contributed by atoms with van der Waals surface area (Å²) >= 11 is 0. The fourth-order valence-electron chi connectivity index (χ4n) is 3.46. The van der Waals surface area contributed by atoms with Crippen molar-refractivity contribution in [3.8, 4) is 0 Å². The molecule has 0 radical (unpaired) electrons. The average Bonchev–Trinajstić information content (AvgIpc) is 3.18. The van der Waals surface area contributed by atoms with Crippen LogP contribution in [0, 0.1) is 0 Å². The zero-order valence-electron chi connectivity index (χ0n) is 18.3. The lowest BCUT2D eigenvalue weighted by molar-refractivity contribution is -0.180. The number of esters is 2. The highest BCUT2D eigenvalue weighted by atomic mass is 16.6. The highest BCUT2D eigenvalue weighted by Gasteiger charge is 2.52. The molecule has 1 aliphatic heterocycles. The molecule has 0 spiro atoms. The maximum atomic E-state index is 12.5. The summed E-state index contributed by atoms with van der Waals surface area (Å²) in [5.41, 5.74) is -3.09. The van der Waals surface area contributed by atoms with Crippen LogP contribution in [0.25, 0.3) is 0 Å². The van der Waals surface area contributed by atoms with E-state index in [1.54, 1.807) is 39.0 Å². The normalized spacial score (nSPS) is 18.1. The Morgan fingerprint density at radius 3 is 2.29 bits per heavy atom. The fraction of sp³-hybridized carbons (Fsp3) is 0.545. The van der Waals surface area contributed by atoms with Crippen molar-refractivity contribution >= 4 is 24.0 Å². The van der Waals surface area contributed by atoms with Gasteiger partial charge >= 0.3 is 29.6 Å². The number of hydrogen-bond acceptors (Lipinski definition) is 7. The monoisotopic (exact) mass is 435 g/mol. The number of nitrogens with zero attached hydrogens (tertiary/aromatic N) is 1. The number of carboxylic acid groups (broad SMARTS) is 1. The summed E-state index contributed by atoms with van der Waals surface area (Å²) in [5, 5.41) is 9.84. The van der Waals surface area contributed by atoms with Crippen molar-refractivity contribution in [2.45, 2.75) is 63.7 Å². The van der Waals surface area contributed by atoms with E-state index < -0.39 is 35.2 Å². The molecule has 1 aromatic carbocycles. The number of carboxylic acids is 1. The summed E-state index contributed by atoms with van der Waals surface area (Å²) in [5.74, 6) is -3.78. The first kappa shape index (κ1) is 24.2. The summed E-state index contributed by atoms with van der Waals surface area (Å²) in [6.45, 7) is 5.73. The summed E-state index contributed by atoms with van der Waals surface area (Å²) < 4.78 is 15.3. The van der Waals surface area contributed by atoms with Crippen molar-refractivity contribution in [2.24, 2.45) is 0 Å². The molecular weight excluding hydrogens is 406 g/mol. The Bertz CT molecular complexity index is 817. The number of aliphatic carboxylic acids is 1. The molecule has 1 heterocycles. The van der Waals surface area contributed by atoms with Crippen molar-refractivity contribution < 1.29 is 38.5 Å². The molecule has 2 atom stereocenters. The van der Waals surface area contributed by atoms with Gasteiger partial charge in [-0.1, -0.05) is 18.2 Å². The number of carbonyl (C=O) groups excluding carboxylic acids is 3. The van der Waals surface area contributed by atoms with E-state index in [2.05, 4.69) is 4.74 Å². The molecule has 0 bridgehead atoms. The van der Waals surface area contributed by atoms with Gasteiger partial charge in [0.15, 0.2) is 0 Å². The average molecular weight is 435 g/mol. The number of methoxy groups -OCH3 is 1. The van der Waals surface area contributed by atoms with E-state index >= 15 is 0 Å². The van der Waals surface area contributed by atoms with E-state index in [0.717, 1.165) is 7.11 Å². The van der Waals surface area contributed by atoms with Gasteiger partial charge in [0.05, 0.1) is 12.7 Å². The van der Waals surface area contributed by atoms with E-state index in [4.69, 9.17) is 9.47 Å². The first-order valence-electron chi connectivity index (χ1n) is 10.1. The second-order valence-corrected chi connectivity index (χ2v) is 8.39. The van der Waals surface area contributed by atoms with Crippen molar-refractivity contribution in [3.05, 3.63) is 35.9 Å². The number of rotatable bonds is 7. The topological polar surface area (TPSA) is 119 Å². The van der Waals surface area contributed by atoms with E-state index in [-0.39, 0.29) is 24.4 Å². The lowest BCUT2D eigenvalue weighted by Crippen LogP contribution is -2.52. The zero-order valence-corrected chi connectivity index (χ0v) is 18.3. The van der Waals surface area contributed by atoms with Gasteiger partial charge in [0.2, 0.25) is 0 Å². The third kappa shape index (κ3) is 5.96. The van der Waals surface area contributed by atoms with Crippen LogP contribution in [-0.4, -0.2) is 64.9 Å². The number of hydrogen-bond donors (Lipinski definition) is 1. The first-order valence-corrected chi connectivity index (χ1v) is 10.1. The molecular formula is C22H29NO8. The van der Waals surface area contributed by atoms with Crippen LogP contribution < -0.4 is 0 Å². The van der Waals surface area contributed by atoms with Gasteiger partial charge in [-0.2, -0.15) is 0 Å². The molecule has 1 aromatic rings. The summed E-state index contributed by atoms with van der Waals surface area (Å²) in [6, 6.07) is 7.42. The molecule has 1 aliphatic rings. The van der Waals surface area contributed by atoms with E-state index in [1.807, 2.05) is 0 Å². The SMILES string of the molecule is COC(=O)[C@@](CCC1CCCN1C(=O)OC(C)(C)C)(OC(=O)c1ccccc1)C(=O)O. The minimum atomic E-state index is -2.52. The second kappa shape index (κ2) is 9.80. The van der Waals surface area contributed by atoms with Crippen molar-refractivity contribution in [1.82, 2.24) is 4.90 Å². The Balaban J connectivity index is 2.21. The van der Waals surface area contributed by atoms with Crippen LogP contribution in [0.1, 0.15) is 56.8 Å². The fourth-order valence-corrected chi connectivity index (χ4v) is 3.46. The first-order chi connectivity index (χ1) is 14.5. The Kier molecular flexibility index (Phi) is 7.65. The summed E-state index contributed by atoms with van der Waals surface area (Å²) in [7, 11) is 1.03. The standard InChI is InChI=1S/C22H29NO8/c1-21(2,3)31-20(28)23-14-8-11-16(23)12-13-22(18(25)26,19(27)29-4)30-17(24)15-9-6-5-7-10-15/h5-7,9-10,16H,8,11-14H2,1-4H3,(H,25,26)/t16?,22-/m0/s1. The van der Waals surface area contributed by atoms with Crippen LogP contribution in [0.3, 0.4) is 0 Å². The molecule has 170 valence electrons. The van der Waals surface area contributed by atoms with E-state index in [1.165, 1.54) is 17.0 Å².